The molecular weight excluding hydrogens is 334 g/mol. The smallest absolute Gasteiger partial charge is 0.289 e. The Labute approximate surface area is 155 Å². The zero-order valence-corrected chi connectivity index (χ0v) is 16.1. The van der Waals surface area contributed by atoms with Crippen LogP contribution >= 0.6 is 0 Å². The van der Waals surface area contributed by atoms with Gasteiger partial charge in [0, 0.05) is 45.6 Å². The van der Waals surface area contributed by atoms with E-state index in [2.05, 4.69) is 4.98 Å². The van der Waals surface area contributed by atoms with Gasteiger partial charge in [-0.15, -0.1) is 0 Å². The minimum atomic E-state index is -0.153. The maximum Gasteiger partial charge on any atom is 0.289 e. The standard InChI is InChI=1S/C19H31N3O4/c1-15(2)24-12-13-25-16-4-11-26-19(14-16)5-8-22(9-6-19)18(23)17-20-7-10-21(17)3/h7,10,15-16H,4-6,8-9,11-14H2,1-3H3. The van der Waals surface area contributed by atoms with Crippen molar-refractivity contribution in [3.05, 3.63) is 18.2 Å². The van der Waals surface area contributed by atoms with Crippen molar-refractivity contribution in [3.8, 4) is 0 Å². The highest BCUT2D eigenvalue weighted by molar-refractivity contribution is 5.90. The summed E-state index contributed by atoms with van der Waals surface area (Å²) in [6.45, 7) is 7.45. The summed E-state index contributed by atoms with van der Waals surface area (Å²) in [5.41, 5.74) is -0.153. The fourth-order valence-electron chi connectivity index (χ4n) is 3.80. The van der Waals surface area contributed by atoms with E-state index in [0.29, 0.717) is 32.1 Å². The van der Waals surface area contributed by atoms with Gasteiger partial charge < -0.3 is 23.7 Å². The van der Waals surface area contributed by atoms with Crippen LogP contribution in [0.3, 0.4) is 0 Å². The first kappa shape index (κ1) is 19.3. The van der Waals surface area contributed by atoms with Gasteiger partial charge in [0.1, 0.15) is 0 Å². The molecule has 0 saturated carbocycles. The maximum absolute atomic E-state index is 12.6. The Kier molecular flexibility index (Phi) is 6.32. The summed E-state index contributed by atoms with van der Waals surface area (Å²) in [6.07, 6.45) is 7.45. The number of carbonyl (C=O) groups excluding carboxylic acids is 1. The lowest BCUT2D eigenvalue weighted by Gasteiger charge is -2.46. The Morgan fingerprint density at radius 1 is 1.38 bits per heavy atom. The number of aryl methyl sites for hydroxylation is 1. The highest BCUT2D eigenvalue weighted by Gasteiger charge is 2.41. The monoisotopic (exact) mass is 365 g/mol. The molecule has 1 atom stereocenters. The van der Waals surface area contributed by atoms with Gasteiger partial charge in [0.2, 0.25) is 0 Å². The quantitative estimate of drug-likeness (QED) is 0.722. The van der Waals surface area contributed by atoms with E-state index in [4.69, 9.17) is 14.2 Å². The average molecular weight is 365 g/mol. The van der Waals surface area contributed by atoms with Crippen LogP contribution in [0.25, 0.3) is 0 Å². The van der Waals surface area contributed by atoms with Gasteiger partial charge in [-0.25, -0.2) is 4.98 Å². The molecule has 146 valence electrons. The van der Waals surface area contributed by atoms with Gasteiger partial charge in [0.25, 0.3) is 5.91 Å². The number of imidazole rings is 1. The fourth-order valence-corrected chi connectivity index (χ4v) is 3.80. The molecular formula is C19H31N3O4. The summed E-state index contributed by atoms with van der Waals surface area (Å²) >= 11 is 0. The first-order chi connectivity index (χ1) is 12.5. The molecule has 1 aromatic rings. The van der Waals surface area contributed by atoms with E-state index >= 15 is 0 Å². The molecule has 1 aromatic heterocycles. The van der Waals surface area contributed by atoms with Crippen LogP contribution in [-0.4, -0.2) is 71.1 Å². The predicted molar refractivity (Wildman–Crippen MR) is 97.1 cm³/mol. The van der Waals surface area contributed by atoms with Gasteiger partial charge in [-0.3, -0.25) is 4.79 Å². The van der Waals surface area contributed by atoms with E-state index in [9.17, 15) is 4.79 Å². The molecule has 0 bridgehead atoms. The highest BCUT2D eigenvalue weighted by atomic mass is 16.5. The number of hydrogen-bond donors (Lipinski definition) is 0. The molecule has 0 N–H and O–H groups in total. The van der Waals surface area contributed by atoms with Crippen molar-refractivity contribution in [1.82, 2.24) is 14.5 Å². The third-order valence-corrected chi connectivity index (χ3v) is 5.31. The summed E-state index contributed by atoms with van der Waals surface area (Å²) < 4.78 is 19.5. The van der Waals surface area contributed by atoms with Gasteiger partial charge >= 0.3 is 0 Å². The van der Waals surface area contributed by atoms with Crippen LogP contribution in [0.5, 0.6) is 0 Å². The average Bonchev–Trinajstić information content (AvgIpc) is 3.05. The largest absolute Gasteiger partial charge is 0.376 e. The molecule has 1 spiro atoms. The Morgan fingerprint density at radius 3 is 2.81 bits per heavy atom. The fraction of sp³-hybridized carbons (Fsp3) is 0.789. The number of likely N-dealkylation sites (tertiary alicyclic amines) is 1. The number of rotatable bonds is 6. The van der Waals surface area contributed by atoms with Crippen molar-refractivity contribution in [2.75, 3.05) is 32.9 Å². The van der Waals surface area contributed by atoms with Gasteiger partial charge in [0.15, 0.2) is 5.82 Å². The molecule has 2 saturated heterocycles. The second-order valence-electron chi connectivity index (χ2n) is 7.59. The van der Waals surface area contributed by atoms with E-state index in [1.54, 1.807) is 17.0 Å². The van der Waals surface area contributed by atoms with Crippen molar-refractivity contribution < 1.29 is 19.0 Å². The molecule has 1 unspecified atom stereocenters. The molecule has 3 rings (SSSR count). The summed E-state index contributed by atoms with van der Waals surface area (Å²) in [5.74, 6) is 0.499. The summed E-state index contributed by atoms with van der Waals surface area (Å²) in [6, 6.07) is 0. The SMILES string of the molecule is CC(C)OCCOC1CCOC2(CCN(C(=O)c3nccn3C)CC2)C1. The molecule has 2 aliphatic rings. The molecule has 3 heterocycles. The third-order valence-electron chi connectivity index (χ3n) is 5.31. The van der Waals surface area contributed by atoms with E-state index in [1.807, 2.05) is 25.8 Å². The Morgan fingerprint density at radius 2 is 2.15 bits per heavy atom. The molecule has 2 fully saturated rings. The predicted octanol–water partition coefficient (Wildman–Crippen LogP) is 2.02. The molecule has 0 radical (unpaired) electrons. The van der Waals surface area contributed by atoms with Crippen LogP contribution in [-0.2, 0) is 21.3 Å². The molecule has 7 heteroatoms. The van der Waals surface area contributed by atoms with Gasteiger partial charge in [0.05, 0.1) is 31.0 Å². The number of amides is 1. The Balaban J connectivity index is 1.48. The highest BCUT2D eigenvalue weighted by Crippen LogP contribution is 2.36. The van der Waals surface area contributed by atoms with E-state index in [1.165, 1.54) is 0 Å². The number of carbonyl (C=O) groups is 1. The topological polar surface area (TPSA) is 65.8 Å². The lowest BCUT2D eigenvalue weighted by Crippen LogP contribution is -2.52. The number of piperidine rings is 1. The summed E-state index contributed by atoms with van der Waals surface area (Å²) in [7, 11) is 1.85. The first-order valence-corrected chi connectivity index (χ1v) is 9.63. The van der Waals surface area contributed by atoms with Crippen molar-refractivity contribution in [3.63, 3.8) is 0 Å². The summed E-state index contributed by atoms with van der Waals surface area (Å²) in [4.78, 5) is 18.7. The second-order valence-corrected chi connectivity index (χ2v) is 7.59. The van der Waals surface area contributed by atoms with Crippen LogP contribution in [0, 0.1) is 0 Å². The van der Waals surface area contributed by atoms with Crippen LogP contribution in [0.1, 0.15) is 50.1 Å². The molecule has 2 aliphatic heterocycles. The lowest BCUT2D eigenvalue weighted by atomic mass is 9.83. The van der Waals surface area contributed by atoms with Gasteiger partial charge in [-0.2, -0.15) is 0 Å². The number of ether oxygens (including phenoxy) is 3. The Hall–Kier alpha value is -1.44. The second kappa shape index (κ2) is 8.50. The van der Waals surface area contributed by atoms with E-state index < -0.39 is 0 Å². The van der Waals surface area contributed by atoms with Gasteiger partial charge in [-0.05, 0) is 33.1 Å². The third kappa shape index (κ3) is 4.64. The van der Waals surface area contributed by atoms with Crippen LogP contribution in [0.4, 0.5) is 0 Å². The van der Waals surface area contributed by atoms with Crippen LogP contribution in [0.2, 0.25) is 0 Å². The van der Waals surface area contributed by atoms with Gasteiger partial charge in [-0.1, -0.05) is 0 Å². The Bertz CT molecular complexity index is 593. The van der Waals surface area contributed by atoms with E-state index in [-0.39, 0.29) is 23.7 Å². The molecule has 0 aliphatic carbocycles. The number of hydrogen-bond acceptors (Lipinski definition) is 5. The molecule has 7 nitrogen and oxygen atoms in total. The van der Waals surface area contributed by atoms with Crippen LogP contribution in [0.15, 0.2) is 12.4 Å². The molecule has 26 heavy (non-hydrogen) atoms. The summed E-state index contributed by atoms with van der Waals surface area (Å²) in [5, 5.41) is 0. The minimum Gasteiger partial charge on any atom is -0.376 e. The lowest BCUT2D eigenvalue weighted by molar-refractivity contribution is -0.156. The first-order valence-electron chi connectivity index (χ1n) is 9.63. The maximum atomic E-state index is 12.6. The molecule has 1 amide bonds. The normalized spacial score (nSPS) is 22.9. The van der Waals surface area contributed by atoms with Crippen molar-refractivity contribution in [2.45, 2.75) is 57.3 Å². The van der Waals surface area contributed by atoms with Crippen molar-refractivity contribution in [1.29, 1.82) is 0 Å². The zero-order chi connectivity index (χ0) is 18.6. The minimum absolute atomic E-state index is 0.00166. The van der Waals surface area contributed by atoms with E-state index in [0.717, 1.165) is 32.3 Å². The van der Waals surface area contributed by atoms with Crippen molar-refractivity contribution >= 4 is 5.91 Å². The number of nitrogens with zero attached hydrogens (tertiary/aromatic N) is 3. The van der Waals surface area contributed by atoms with Crippen LogP contribution < -0.4 is 0 Å². The van der Waals surface area contributed by atoms with Crippen molar-refractivity contribution in [2.24, 2.45) is 7.05 Å². The molecule has 0 aromatic carbocycles. The zero-order valence-electron chi connectivity index (χ0n) is 16.1. The number of aromatic nitrogens is 2.